The molecule has 2 aromatic heterocycles. The molecule has 1 aromatic carbocycles. The fourth-order valence-corrected chi connectivity index (χ4v) is 4.08. The minimum atomic E-state index is -3.79. The van der Waals surface area contributed by atoms with Gasteiger partial charge < -0.3 is 8.94 Å². The molecule has 0 atom stereocenters. The quantitative estimate of drug-likeness (QED) is 0.716. The minimum Gasteiger partial charge on any atom is -0.456 e. The highest BCUT2D eigenvalue weighted by atomic mass is 79.9. The number of benzene rings is 1. The number of sulfonamides is 1. The summed E-state index contributed by atoms with van der Waals surface area (Å²) in [5.74, 6) is 0.946. The number of rotatable bonds is 4. The number of anilines is 1. The monoisotopic (exact) mass is 396 g/mol. The normalized spacial score (nSPS) is 11.6. The first-order valence-corrected chi connectivity index (χ1v) is 8.95. The van der Waals surface area contributed by atoms with E-state index in [-0.39, 0.29) is 10.7 Å². The number of aryl methyl sites for hydroxylation is 2. The molecule has 0 radical (unpaired) electrons. The molecule has 0 aliphatic heterocycles. The lowest BCUT2D eigenvalue weighted by atomic mass is 10.2. The van der Waals surface area contributed by atoms with Crippen LogP contribution >= 0.6 is 15.9 Å². The Morgan fingerprint density at radius 2 is 1.91 bits per heavy atom. The highest BCUT2D eigenvalue weighted by Crippen LogP contribution is 2.31. The molecule has 0 fully saturated rings. The Morgan fingerprint density at radius 3 is 2.57 bits per heavy atom. The predicted molar refractivity (Wildman–Crippen MR) is 88.6 cm³/mol. The van der Waals surface area contributed by atoms with Crippen LogP contribution in [0.2, 0.25) is 0 Å². The number of hydrogen-bond acceptors (Lipinski definition) is 5. The maximum Gasteiger partial charge on any atom is 0.265 e. The summed E-state index contributed by atoms with van der Waals surface area (Å²) in [5, 5.41) is 3.58. The van der Waals surface area contributed by atoms with Gasteiger partial charge in [0.15, 0.2) is 5.76 Å². The number of aromatic nitrogens is 1. The molecule has 0 spiro atoms. The second kappa shape index (κ2) is 5.86. The molecule has 0 saturated carbocycles. The molecular weight excluding hydrogens is 384 g/mol. The van der Waals surface area contributed by atoms with Crippen LogP contribution in [0.15, 0.2) is 54.8 Å². The number of hydrogen-bond donors (Lipinski definition) is 1. The molecule has 0 aliphatic carbocycles. The van der Waals surface area contributed by atoms with Crippen molar-refractivity contribution in [1.82, 2.24) is 5.16 Å². The van der Waals surface area contributed by atoms with Crippen molar-refractivity contribution in [3.63, 3.8) is 0 Å². The molecule has 8 heteroatoms. The molecule has 0 unspecified atom stereocenters. The summed E-state index contributed by atoms with van der Waals surface area (Å²) < 4.78 is 38.9. The zero-order valence-electron chi connectivity index (χ0n) is 12.3. The third-order valence-electron chi connectivity index (χ3n) is 3.21. The number of nitrogens with zero attached hydrogens (tertiary/aromatic N) is 1. The number of furan rings is 1. The van der Waals surface area contributed by atoms with Crippen LogP contribution in [0, 0.1) is 13.8 Å². The first-order valence-electron chi connectivity index (χ1n) is 6.67. The summed E-state index contributed by atoms with van der Waals surface area (Å²) in [5.41, 5.74) is 1.48. The van der Waals surface area contributed by atoms with Crippen LogP contribution < -0.4 is 4.72 Å². The van der Waals surface area contributed by atoms with Crippen LogP contribution in [0.4, 0.5) is 5.69 Å². The predicted octanol–water partition coefficient (Wildman–Crippen LogP) is 4.11. The van der Waals surface area contributed by atoms with Crippen molar-refractivity contribution in [2.45, 2.75) is 18.7 Å². The Hall–Kier alpha value is -2.06. The maximum absolute atomic E-state index is 12.6. The molecule has 1 N–H and O–H groups in total. The second-order valence-corrected chi connectivity index (χ2v) is 7.50. The lowest BCUT2D eigenvalue weighted by molar-refractivity contribution is 0.414. The SMILES string of the molecule is Cc1ccc(NS(=O)(=O)c2cc(-c3ccno3)oc2C)c(Br)c1. The van der Waals surface area contributed by atoms with Gasteiger partial charge in [0.25, 0.3) is 10.0 Å². The molecule has 0 saturated heterocycles. The third-order valence-corrected chi connectivity index (χ3v) is 5.34. The van der Waals surface area contributed by atoms with Gasteiger partial charge in [0.1, 0.15) is 10.7 Å². The lowest BCUT2D eigenvalue weighted by Crippen LogP contribution is -2.13. The number of halogens is 1. The topological polar surface area (TPSA) is 85.3 Å². The molecule has 6 nitrogen and oxygen atoms in total. The third kappa shape index (κ3) is 3.18. The van der Waals surface area contributed by atoms with Crippen molar-refractivity contribution < 1.29 is 17.4 Å². The van der Waals surface area contributed by atoms with Crippen LogP contribution in [0.5, 0.6) is 0 Å². The minimum absolute atomic E-state index is 0.0522. The standard InChI is InChI=1S/C15H13BrN2O4S/c1-9-3-4-12(11(16)7-9)18-23(19,20)15-8-14(21-10(15)2)13-5-6-17-22-13/h3-8,18H,1-2H3. The molecule has 0 aliphatic rings. The molecule has 3 rings (SSSR count). The molecule has 2 heterocycles. The van der Waals surface area contributed by atoms with E-state index in [9.17, 15) is 8.42 Å². The first kappa shape index (κ1) is 15.8. The molecule has 120 valence electrons. The van der Waals surface area contributed by atoms with Gasteiger partial charge in [-0.15, -0.1) is 0 Å². The average molecular weight is 397 g/mol. The molecule has 0 bridgehead atoms. The van der Waals surface area contributed by atoms with E-state index < -0.39 is 10.0 Å². The van der Waals surface area contributed by atoms with Crippen LogP contribution in [0.1, 0.15) is 11.3 Å². The van der Waals surface area contributed by atoms with Gasteiger partial charge in [-0.05, 0) is 47.5 Å². The van der Waals surface area contributed by atoms with Gasteiger partial charge in [-0.1, -0.05) is 11.2 Å². The highest BCUT2D eigenvalue weighted by molar-refractivity contribution is 9.10. The Morgan fingerprint density at radius 1 is 1.13 bits per heavy atom. The zero-order chi connectivity index (χ0) is 16.6. The van der Waals surface area contributed by atoms with Gasteiger partial charge in [-0.25, -0.2) is 8.42 Å². The fourth-order valence-electron chi connectivity index (χ4n) is 2.10. The van der Waals surface area contributed by atoms with E-state index in [0.29, 0.717) is 21.7 Å². The first-order chi connectivity index (χ1) is 10.9. The van der Waals surface area contributed by atoms with Gasteiger partial charge in [0.05, 0.1) is 11.9 Å². The van der Waals surface area contributed by atoms with Gasteiger partial charge in [0, 0.05) is 16.6 Å². The van der Waals surface area contributed by atoms with E-state index in [1.165, 1.54) is 12.3 Å². The Kier molecular flexibility index (Phi) is 4.03. The van der Waals surface area contributed by atoms with Gasteiger partial charge in [0.2, 0.25) is 5.76 Å². The van der Waals surface area contributed by atoms with E-state index >= 15 is 0 Å². The van der Waals surface area contributed by atoms with E-state index in [4.69, 9.17) is 8.94 Å². The van der Waals surface area contributed by atoms with Crippen LogP contribution in [-0.4, -0.2) is 13.6 Å². The largest absolute Gasteiger partial charge is 0.456 e. The molecule has 0 amide bonds. The number of nitrogens with one attached hydrogen (secondary N) is 1. The summed E-state index contributed by atoms with van der Waals surface area (Å²) in [6, 6.07) is 8.37. The van der Waals surface area contributed by atoms with Crippen LogP contribution in [0.25, 0.3) is 11.5 Å². The van der Waals surface area contributed by atoms with Gasteiger partial charge in [-0.3, -0.25) is 4.72 Å². The van der Waals surface area contributed by atoms with E-state index in [1.807, 2.05) is 19.1 Å². The molecule has 3 aromatic rings. The van der Waals surface area contributed by atoms with Crippen molar-refractivity contribution in [2.24, 2.45) is 0 Å². The van der Waals surface area contributed by atoms with Crippen molar-refractivity contribution in [2.75, 3.05) is 4.72 Å². The van der Waals surface area contributed by atoms with Crippen LogP contribution in [0.3, 0.4) is 0 Å². The second-order valence-electron chi connectivity index (χ2n) is 5.00. The van der Waals surface area contributed by atoms with Crippen LogP contribution in [-0.2, 0) is 10.0 Å². The van der Waals surface area contributed by atoms with Crippen molar-refractivity contribution >= 4 is 31.6 Å². The summed E-state index contributed by atoms with van der Waals surface area (Å²) >= 11 is 3.35. The lowest BCUT2D eigenvalue weighted by Gasteiger charge is -2.09. The highest BCUT2D eigenvalue weighted by Gasteiger charge is 2.24. The zero-order valence-corrected chi connectivity index (χ0v) is 14.7. The summed E-state index contributed by atoms with van der Waals surface area (Å²) in [7, 11) is -3.79. The van der Waals surface area contributed by atoms with E-state index in [0.717, 1.165) is 5.56 Å². The molecule has 23 heavy (non-hydrogen) atoms. The Balaban J connectivity index is 1.97. The Bertz CT molecular complexity index is 946. The van der Waals surface area contributed by atoms with Gasteiger partial charge in [-0.2, -0.15) is 0 Å². The smallest absolute Gasteiger partial charge is 0.265 e. The van der Waals surface area contributed by atoms with Crippen molar-refractivity contribution in [1.29, 1.82) is 0 Å². The Labute approximate surface area is 141 Å². The summed E-state index contributed by atoms with van der Waals surface area (Å²) in [6.07, 6.45) is 1.46. The average Bonchev–Trinajstić information content (AvgIpc) is 3.11. The summed E-state index contributed by atoms with van der Waals surface area (Å²) in [6.45, 7) is 3.51. The fraction of sp³-hybridized carbons (Fsp3) is 0.133. The molecular formula is C15H13BrN2O4S. The maximum atomic E-state index is 12.6. The summed E-state index contributed by atoms with van der Waals surface area (Å²) in [4.78, 5) is 0.0522. The van der Waals surface area contributed by atoms with Crippen molar-refractivity contribution in [3.05, 3.63) is 52.3 Å². The van der Waals surface area contributed by atoms with Crippen molar-refractivity contribution in [3.8, 4) is 11.5 Å². The van der Waals surface area contributed by atoms with Gasteiger partial charge >= 0.3 is 0 Å². The van der Waals surface area contributed by atoms with E-state index in [2.05, 4.69) is 25.8 Å². The van der Waals surface area contributed by atoms with E-state index in [1.54, 1.807) is 19.1 Å².